The Balaban J connectivity index is 1.84. The first-order valence-electron chi connectivity index (χ1n) is 7.51. The van der Waals surface area contributed by atoms with Crippen LogP contribution in [0.25, 0.3) is 0 Å². The first-order chi connectivity index (χ1) is 12.1. The third-order valence-electron chi connectivity index (χ3n) is 3.61. The number of nitrogens with one attached hydrogen (secondary N) is 1. The lowest BCUT2D eigenvalue weighted by atomic mass is 10.0. The van der Waals surface area contributed by atoms with E-state index in [4.69, 9.17) is 0 Å². The van der Waals surface area contributed by atoms with Crippen LogP contribution in [0, 0.1) is 11.6 Å². The van der Waals surface area contributed by atoms with Gasteiger partial charge < -0.3 is 5.32 Å². The van der Waals surface area contributed by atoms with Gasteiger partial charge in [0, 0.05) is 16.8 Å². The fraction of sp³-hybridized carbons (Fsp3) is 0. The third kappa shape index (κ3) is 3.61. The van der Waals surface area contributed by atoms with Crippen molar-refractivity contribution in [2.45, 2.75) is 0 Å². The van der Waals surface area contributed by atoms with Crippen molar-refractivity contribution in [3.05, 3.63) is 101 Å². The SMILES string of the molecule is O=C(c1ccccc1)c1cccc(NC(=O)c2cccc(F)c2F)c1. The van der Waals surface area contributed by atoms with E-state index >= 15 is 0 Å². The van der Waals surface area contributed by atoms with Gasteiger partial charge in [-0.3, -0.25) is 9.59 Å². The predicted octanol–water partition coefficient (Wildman–Crippen LogP) is 4.45. The van der Waals surface area contributed by atoms with Crippen LogP contribution in [0.3, 0.4) is 0 Å². The average Bonchev–Trinajstić information content (AvgIpc) is 2.64. The van der Waals surface area contributed by atoms with Gasteiger partial charge >= 0.3 is 0 Å². The van der Waals surface area contributed by atoms with E-state index < -0.39 is 23.1 Å². The zero-order valence-electron chi connectivity index (χ0n) is 13.0. The molecule has 3 nitrogen and oxygen atoms in total. The van der Waals surface area contributed by atoms with Gasteiger partial charge in [0.1, 0.15) is 0 Å². The van der Waals surface area contributed by atoms with Crippen LogP contribution in [-0.2, 0) is 0 Å². The summed E-state index contributed by atoms with van der Waals surface area (Å²) in [6.45, 7) is 0. The second-order valence-electron chi connectivity index (χ2n) is 5.33. The van der Waals surface area contributed by atoms with Gasteiger partial charge in [0.2, 0.25) is 0 Å². The van der Waals surface area contributed by atoms with Crippen LogP contribution in [0.15, 0.2) is 72.8 Å². The molecule has 0 radical (unpaired) electrons. The molecule has 0 bridgehead atoms. The van der Waals surface area contributed by atoms with Gasteiger partial charge in [-0.05, 0) is 24.3 Å². The number of ketones is 1. The van der Waals surface area contributed by atoms with Crippen LogP contribution in [0.4, 0.5) is 14.5 Å². The highest BCUT2D eigenvalue weighted by Crippen LogP contribution is 2.17. The minimum absolute atomic E-state index is 0.200. The first kappa shape index (κ1) is 16.5. The maximum atomic E-state index is 13.7. The molecule has 0 atom stereocenters. The number of rotatable bonds is 4. The summed E-state index contributed by atoms with van der Waals surface area (Å²) >= 11 is 0. The summed E-state index contributed by atoms with van der Waals surface area (Å²) in [7, 11) is 0. The molecule has 1 amide bonds. The van der Waals surface area contributed by atoms with Crippen molar-refractivity contribution in [3.8, 4) is 0 Å². The number of carbonyl (C=O) groups is 2. The van der Waals surface area contributed by atoms with E-state index in [-0.39, 0.29) is 5.78 Å². The smallest absolute Gasteiger partial charge is 0.258 e. The van der Waals surface area contributed by atoms with Gasteiger partial charge in [-0.15, -0.1) is 0 Å². The van der Waals surface area contributed by atoms with Crippen LogP contribution in [-0.4, -0.2) is 11.7 Å². The van der Waals surface area contributed by atoms with E-state index in [1.165, 1.54) is 18.2 Å². The van der Waals surface area contributed by atoms with Gasteiger partial charge in [0.05, 0.1) is 5.56 Å². The first-order valence-corrected chi connectivity index (χ1v) is 7.51. The molecule has 3 aromatic rings. The van der Waals surface area contributed by atoms with Crippen LogP contribution in [0.1, 0.15) is 26.3 Å². The lowest BCUT2D eigenvalue weighted by molar-refractivity contribution is 0.101. The molecule has 0 saturated heterocycles. The van der Waals surface area contributed by atoms with E-state index in [0.717, 1.165) is 6.07 Å². The van der Waals surface area contributed by atoms with E-state index in [1.807, 2.05) is 0 Å². The quantitative estimate of drug-likeness (QED) is 0.715. The number of hydrogen-bond acceptors (Lipinski definition) is 2. The summed E-state index contributed by atoms with van der Waals surface area (Å²) in [5, 5.41) is 2.48. The third-order valence-corrected chi connectivity index (χ3v) is 3.61. The Morgan fingerprint density at radius 2 is 1.44 bits per heavy atom. The van der Waals surface area contributed by atoms with Gasteiger partial charge in [-0.2, -0.15) is 0 Å². The largest absolute Gasteiger partial charge is 0.322 e. The van der Waals surface area contributed by atoms with E-state index in [2.05, 4.69) is 5.32 Å². The minimum atomic E-state index is -1.21. The number of hydrogen-bond donors (Lipinski definition) is 1. The molecule has 0 aliphatic carbocycles. The molecule has 0 unspecified atom stereocenters. The van der Waals surface area contributed by atoms with Gasteiger partial charge in [0.15, 0.2) is 17.4 Å². The lowest BCUT2D eigenvalue weighted by Crippen LogP contribution is -2.15. The van der Waals surface area contributed by atoms with Crippen LogP contribution in [0.5, 0.6) is 0 Å². The van der Waals surface area contributed by atoms with Gasteiger partial charge in [0.25, 0.3) is 5.91 Å². The molecule has 0 spiro atoms. The molecule has 0 aliphatic heterocycles. The summed E-state index contributed by atoms with van der Waals surface area (Å²) in [6.07, 6.45) is 0. The van der Waals surface area contributed by atoms with E-state index in [1.54, 1.807) is 48.5 Å². The Kier molecular flexibility index (Phi) is 4.66. The molecule has 3 aromatic carbocycles. The predicted molar refractivity (Wildman–Crippen MR) is 90.6 cm³/mol. The van der Waals surface area contributed by atoms with Crippen molar-refractivity contribution in [3.63, 3.8) is 0 Å². The Labute approximate surface area is 142 Å². The van der Waals surface area contributed by atoms with Crippen molar-refractivity contribution in [1.82, 2.24) is 0 Å². The normalized spacial score (nSPS) is 10.3. The Morgan fingerprint density at radius 3 is 2.20 bits per heavy atom. The summed E-state index contributed by atoms with van der Waals surface area (Å²) in [5.74, 6) is -3.30. The van der Waals surface area contributed by atoms with Crippen LogP contribution >= 0.6 is 0 Å². The number of anilines is 1. The summed E-state index contributed by atoms with van der Waals surface area (Å²) < 4.78 is 26.9. The van der Waals surface area contributed by atoms with E-state index in [9.17, 15) is 18.4 Å². The summed E-state index contributed by atoms with van der Waals surface area (Å²) in [4.78, 5) is 24.6. The van der Waals surface area contributed by atoms with Crippen molar-refractivity contribution >= 4 is 17.4 Å². The Bertz CT molecular complexity index is 939. The highest BCUT2D eigenvalue weighted by Gasteiger charge is 2.16. The van der Waals surface area contributed by atoms with Crippen LogP contribution in [0.2, 0.25) is 0 Å². The Hall–Kier alpha value is -3.34. The van der Waals surface area contributed by atoms with Crippen LogP contribution < -0.4 is 5.32 Å². The van der Waals surface area contributed by atoms with E-state index in [0.29, 0.717) is 16.8 Å². The molecule has 124 valence electrons. The highest BCUT2D eigenvalue weighted by atomic mass is 19.2. The molecule has 25 heavy (non-hydrogen) atoms. The molecule has 0 heterocycles. The van der Waals surface area contributed by atoms with Gasteiger partial charge in [-0.25, -0.2) is 8.78 Å². The molecular formula is C20H13F2NO2. The number of benzene rings is 3. The molecule has 0 aliphatic rings. The molecule has 3 rings (SSSR count). The zero-order valence-corrected chi connectivity index (χ0v) is 13.0. The number of halogens is 2. The second kappa shape index (κ2) is 7.05. The molecule has 0 saturated carbocycles. The minimum Gasteiger partial charge on any atom is -0.322 e. The maximum absolute atomic E-state index is 13.7. The lowest BCUT2D eigenvalue weighted by Gasteiger charge is -2.08. The number of carbonyl (C=O) groups excluding carboxylic acids is 2. The zero-order chi connectivity index (χ0) is 17.8. The van der Waals surface area contributed by atoms with Crippen molar-refractivity contribution in [2.24, 2.45) is 0 Å². The second-order valence-corrected chi connectivity index (χ2v) is 5.33. The maximum Gasteiger partial charge on any atom is 0.258 e. The van der Waals surface area contributed by atoms with Crippen molar-refractivity contribution in [2.75, 3.05) is 5.32 Å². The molecule has 5 heteroatoms. The number of amides is 1. The fourth-order valence-electron chi connectivity index (χ4n) is 2.37. The van der Waals surface area contributed by atoms with Gasteiger partial charge in [-0.1, -0.05) is 48.5 Å². The van der Waals surface area contributed by atoms with Crippen molar-refractivity contribution < 1.29 is 18.4 Å². The van der Waals surface area contributed by atoms with Crippen molar-refractivity contribution in [1.29, 1.82) is 0 Å². The molecule has 0 fully saturated rings. The topological polar surface area (TPSA) is 46.2 Å². The molecule has 1 N–H and O–H groups in total. The summed E-state index contributed by atoms with van der Waals surface area (Å²) in [5.41, 5.74) is 0.807. The molecular weight excluding hydrogens is 324 g/mol. The summed E-state index contributed by atoms with van der Waals surface area (Å²) in [6, 6.07) is 18.4. The molecule has 0 aromatic heterocycles. The highest BCUT2D eigenvalue weighted by molar-refractivity contribution is 6.10. The fourth-order valence-corrected chi connectivity index (χ4v) is 2.37. The standard InChI is InChI=1S/C20H13F2NO2/c21-17-11-5-10-16(18(17)22)20(25)23-15-9-4-8-14(12-15)19(24)13-6-2-1-3-7-13/h1-12H,(H,23,25). The average molecular weight is 337 g/mol. The Morgan fingerprint density at radius 1 is 0.760 bits per heavy atom. The monoisotopic (exact) mass is 337 g/mol.